The number of amides is 3. The van der Waals surface area contributed by atoms with Crippen LogP contribution in [-0.4, -0.2) is 25.5 Å². The number of rotatable bonds is 3. The number of hydrogen-bond donors (Lipinski definition) is 3. The van der Waals surface area contributed by atoms with Crippen molar-refractivity contribution in [3.8, 4) is 0 Å². The van der Waals surface area contributed by atoms with Crippen molar-refractivity contribution in [1.29, 1.82) is 0 Å². The fraction of sp³-hybridized carbons (Fsp3) is 0.200. The highest BCUT2D eigenvalue weighted by atomic mass is 79.9. The lowest BCUT2D eigenvalue weighted by Crippen LogP contribution is -2.40. The molecule has 7 heteroatoms. The van der Waals surface area contributed by atoms with Gasteiger partial charge in [-0.3, -0.25) is 10.1 Å². The summed E-state index contributed by atoms with van der Waals surface area (Å²) < 4.78 is 13.9. The van der Waals surface area contributed by atoms with Crippen LogP contribution in [0.2, 0.25) is 0 Å². The fourth-order valence-electron chi connectivity index (χ4n) is 1.04. The third-order valence-corrected chi connectivity index (χ3v) is 2.34. The van der Waals surface area contributed by atoms with Gasteiger partial charge in [0, 0.05) is 11.5 Å². The minimum Gasteiger partial charge on any atom is -0.374 e. The first kappa shape index (κ1) is 13.4. The van der Waals surface area contributed by atoms with E-state index in [2.05, 4.69) is 26.6 Å². The van der Waals surface area contributed by atoms with Crippen LogP contribution in [0.3, 0.4) is 0 Å². The maximum absolute atomic E-state index is 13.3. The zero-order valence-corrected chi connectivity index (χ0v) is 10.6. The molecule has 1 rings (SSSR count). The smallest absolute Gasteiger partial charge is 0.321 e. The Morgan fingerprint density at radius 2 is 2.12 bits per heavy atom. The van der Waals surface area contributed by atoms with Crippen molar-refractivity contribution < 1.29 is 14.0 Å². The highest BCUT2D eigenvalue weighted by molar-refractivity contribution is 9.10. The summed E-state index contributed by atoms with van der Waals surface area (Å²) in [7, 11) is 1.39. The number of imide groups is 1. The number of urea groups is 1. The minimum atomic E-state index is -0.604. The van der Waals surface area contributed by atoms with Gasteiger partial charge in [0.05, 0.1) is 12.2 Å². The van der Waals surface area contributed by atoms with Gasteiger partial charge in [0.25, 0.3) is 0 Å². The van der Waals surface area contributed by atoms with Crippen molar-refractivity contribution in [2.75, 3.05) is 18.9 Å². The van der Waals surface area contributed by atoms with E-state index < -0.39 is 17.8 Å². The van der Waals surface area contributed by atoms with E-state index in [1.54, 1.807) is 6.07 Å². The Bertz CT molecular complexity index is 440. The number of anilines is 1. The first-order valence-electron chi connectivity index (χ1n) is 4.73. The van der Waals surface area contributed by atoms with E-state index in [0.29, 0.717) is 4.47 Å². The number of hydrogen-bond acceptors (Lipinski definition) is 3. The molecule has 1 aromatic carbocycles. The van der Waals surface area contributed by atoms with Gasteiger partial charge in [-0.2, -0.15) is 0 Å². The van der Waals surface area contributed by atoms with E-state index in [1.807, 2.05) is 5.32 Å². The van der Waals surface area contributed by atoms with E-state index in [-0.39, 0.29) is 12.2 Å². The number of carbonyl (C=O) groups excluding carboxylic acids is 2. The molecule has 0 saturated carbocycles. The number of benzene rings is 1. The molecule has 0 spiro atoms. The van der Waals surface area contributed by atoms with Crippen molar-refractivity contribution in [2.45, 2.75) is 0 Å². The lowest BCUT2D eigenvalue weighted by molar-refractivity contribution is -0.118. The predicted octanol–water partition coefficient (Wildman–Crippen LogP) is 1.46. The topological polar surface area (TPSA) is 70.2 Å². The summed E-state index contributed by atoms with van der Waals surface area (Å²) in [5.41, 5.74) is 0.195. The van der Waals surface area contributed by atoms with Crippen LogP contribution in [0.1, 0.15) is 0 Å². The second-order valence-corrected chi connectivity index (χ2v) is 4.02. The Morgan fingerprint density at radius 1 is 1.41 bits per heavy atom. The molecule has 0 atom stereocenters. The summed E-state index contributed by atoms with van der Waals surface area (Å²) in [5.74, 6) is -1.03. The van der Waals surface area contributed by atoms with Gasteiger partial charge in [-0.25, -0.2) is 9.18 Å². The van der Waals surface area contributed by atoms with Crippen molar-refractivity contribution in [1.82, 2.24) is 10.6 Å². The van der Waals surface area contributed by atoms with E-state index in [9.17, 15) is 14.0 Å². The molecule has 3 N–H and O–H groups in total. The maximum Gasteiger partial charge on any atom is 0.321 e. The molecule has 17 heavy (non-hydrogen) atoms. The molecule has 5 nitrogen and oxygen atoms in total. The largest absolute Gasteiger partial charge is 0.374 e. The molecule has 0 bridgehead atoms. The Kier molecular flexibility index (Phi) is 4.89. The van der Waals surface area contributed by atoms with Gasteiger partial charge in [0.15, 0.2) is 0 Å². The molecule has 0 unspecified atom stereocenters. The standard InChI is InChI=1S/C10H11BrFN3O2/c1-13-10(17)15-9(16)5-14-8-3-2-6(11)4-7(8)12/h2-4,14H,5H2,1H3,(H2,13,15,16,17). The summed E-state index contributed by atoms with van der Waals surface area (Å²) >= 11 is 3.12. The van der Waals surface area contributed by atoms with Crippen LogP contribution in [-0.2, 0) is 4.79 Å². The van der Waals surface area contributed by atoms with E-state index in [0.717, 1.165) is 0 Å². The lowest BCUT2D eigenvalue weighted by Gasteiger charge is -2.07. The molecule has 0 aliphatic heterocycles. The molecule has 0 radical (unpaired) electrons. The first-order chi connectivity index (χ1) is 8.02. The summed E-state index contributed by atoms with van der Waals surface area (Å²) in [5, 5.41) is 6.86. The Morgan fingerprint density at radius 3 is 2.71 bits per heavy atom. The molecular formula is C10H11BrFN3O2. The van der Waals surface area contributed by atoms with Crippen LogP contribution in [0.25, 0.3) is 0 Å². The molecule has 0 fully saturated rings. The number of nitrogens with one attached hydrogen (secondary N) is 3. The highest BCUT2D eigenvalue weighted by Gasteiger charge is 2.07. The normalized spacial score (nSPS) is 9.59. The third kappa shape index (κ3) is 4.39. The monoisotopic (exact) mass is 303 g/mol. The van der Waals surface area contributed by atoms with Crippen LogP contribution in [0.4, 0.5) is 14.9 Å². The zero-order valence-electron chi connectivity index (χ0n) is 9.01. The third-order valence-electron chi connectivity index (χ3n) is 1.85. The Hall–Kier alpha value is -1.63. The molecule has 3 amide bonds. The molecular weight excluding hydrogens is 293 g/mol. The molecule has 0 aliphatic carbocycles. The molecule has 92 valence electrons. The number of carbonyl (C=O) groups is 2. The summed E-state index contributed by atoms with van der Waals surface area (Å²) in [6.45, 7) is -0.189. The van der Waals surface area contributed by atoms with Crippen molar-refractivity contribution in [2.24, 2.45) is 0 Å². The predicted molar refractivity (Wildman–Crippen MR) is 65.2 cm³/mol. The zero-order chi connectivity index (χ0) is 12.8. The maximum atomic E-state index is 13.3. The van der Waals surface area contributed by atoms with Crippen LogP contribution in [0.5, 0.6) is 0 Å². The van der Waals surface area contributed by atoms with Crippen molar-refractivity contribution in [3.05, 3.63) is 28.5 Å². The lowest BCUT2D eigenvalue weighted by atomic mass is 10.3. The van der Waals surface area contributed by atoms with Gasteiger partial charge in [-0.05, 0) is 18.2 Å². The quantitative estimate of drug-likeness (QED) is 0.792. The SMILES string of the molecule is CNC(=O)NC(=O)CNc1ccc(Br)cc1F. The summed E-state index contributed by atoms with van der Waals surface area (Å²) in [4.78, 5) is 22.0. The first-order valence-corrected chi connectivity index (χ1v) is 5.52. The van der Waals surface area contributed by atoms with Crippen LogP contribution >= 0.6 is 15.9 Å². The highest BCUT2D eigenvalue weighted by Crippen LogP contribution is 2.18. The summed E-state index contributed by atoms with van der Waals surface area (Å²) in [6, 6.07) is 3.81. The van der Waals surface area contributed by atoms with Crippen LogP contribution in [0.15, 0.2) is 22.7 Å². The van der Waals surface area contributed by atoms with Gasteiger partial charge in [0.1, 0.15) is 5.82 Å². The minimum absolute atomic E-state index is 0.189. The van der Waals surface area contributed by atoms with Gasteiger partial charge in [0.2, 0.25) is 5.91 Å². The van der Waals surface area contributed by atoms with Gasteiger partial charge >= 0.3 is 6.03 Å². The van der Waals surface area contributed by atoms with Gasteiger partial charge in [-0.15, -0.1) is 0 Å². The van der Waals surface area contributed by atoms with Gasteiger partial charge < -0.3 is 10.6 Å². The second-order valence-electron chi connectivity index (χ2n) is 3.11. The number of halogens is 2. The molecule has 0 aliphatic rings. The summed E-state index contributed by atoms with van der Waals surface area (Å²) in [6.07, 6.45) is 0. The molecule has 0 saturated heterocycles. The Labute approximate surface area is 106 Å². The fourth-order valence-corrected chi connectivity index (χ4v) is 1.37. The van der Waals surface area contributed by atoms with Crippen molar-refractivity contribution in [3.63, 3.8) is 0 Å². The molecule has 0 heterocycles. The second kappa shape index (κ2) is 6.19. The van der Waals surface area contributed by atoms with Crippen LogP contribution < -0.4 is 16.0 Å². The van der Waals surface area contributed by atoms with E-state index in [4.69, 9.17) is 0 Å². The average molecular weight is 304 g/mol. The van der Waals surface area contributed by atoms with E-state index >= 15 is 0 Å². The Balaban J connectivity index is 2.50. The molecule has 1 aromatic rings. The average Bonchev–Trinajstić information content (AvgIpc) is 2.27. The van der Waals surface area contributed by atoms with E-state index in [1.165, 1.54) is 19.2 Å². The van der Waals surface area contributed by atoms with Gasteiger partial charge in [-0.1, -0.05) is 15.9 Å². The molecule has 0 aromatic heterocycles. The van der Waals surface area contributed by atoms with Crippen molar-refractivity contribution >= 4 is 33.6 Å². The van der Waals surface area contributed by atoms with Crippen LogP contribution in [0, 0.1) is 5.82 Å².